The summed E-state index contributed by atoms with van der Waals surface area (Å²) >= 11 is 2.80. The van der Waals surface area contributed by atoms with Crippen LogP contribution in [0.3, 0.4) is 0 Å². The lowest BCUT2D eigenvalue weighted by Gasteiger charge is -2.09. The molecule has 0 aliphatic heterocycles. The highest BCUT2D eigenvalue weighted by Crippen LogP contribution is 2.26. The number of thiazole rings is 1. The normalized spacial score (nSPS) is 11.3. The summed E-state index contributed by atoms with van der Waals surface area (Å²) in [6.45, 7) is 8.27. The summed E-state index contributed by atoms with van der Waals surface area (Å²) in [7, 11) is 0. The van der Waals surface area contributed by atoms with E-state index in [1.165, 1.54) is 32.5 Å². The lowest BCUT2D eigenvalue weighted by molar-refractivity contribution is -0.113. The predicted molar refractivity (Wildman–Crippen MR) is 130 cm³/mol. The number of aromatic nitrogens is 5. The maximum absolute atomic E-state index is 12.9. The number of rotatable bonds is 9. The van der Waals surface area contributed by atoms with Crippen LogP contribution in [-0.2, 0) is 24.2 Å². The van der Waals surface area contributed by atoms with Crippen molar-refractivity contribution >= 4 is 50.8 Å². The smallest absolute Gasteiger partial charge is 0.263 e. The highest BCUT2D eigenvalue weighted by atomic mass is 32.2. The van der Waals surface area contributed by atoms with Crippen LogP contribution < -0.4 is 10.9 Å². The highest BCUT2D eigenvalue weighted by molar-refractivity contribution is 7.99. The first kappa shape index (κ1) is 22.2. The Bertz CT molecular complexity index is 1350. The lowest BCUT2D eigenvalue weighted by atomic mass is 10.2. The average Bonchev–Trinajstić information content (AvgIpc) is 3.39. The lowest BCUT2D eigenvalue weighted by Crippen LogP contribution is -2.22. The van der Waals surface area contributed by atoms with E-state index in [1.54, 1.807) is 12.1 Å². The summed E-state index contributed by atoms with van der Waals surface area (Å²) in [5, 5.41) is 13.1. The monoisotopic (exact) mass is 468 g/mol. The fourth-order valence-corrected chi connectivity index (χ4v) is 5.26. The number of amides is 1. The molecule has 3 heterocycles. The molecule has 1 N–H and O–H groups in total. The standard InChI is InChI=1S/C22H24N6O2S2/c1-4-9-15-17(6-3)32-20(23-15)24-18(29)13-31-22-26-25-21-27(12-5-2)19(30)14-10-7-8-11-16(14)28(21)22/h5,7-8,10-11H,2,4,6,9,12-13H2,1,3H3,(H,23,24,29). The molecule has 0 fully saturated rings. The topological polar surface area (TPSA) is 94.2 Å². The molecule has 0 atom stereocenters. The van der Waals surface area contributed by atoms with Gasteiger partial charge in [0.05, 0.1) is 22.3 Å². The number of nitrogens with zero attached hydrogens (tertiary/aromatic N) is 5. The number of para-hydroxylation sites is 1. The van der Waals surface area contributed by atoms with Crippen LogP contribution in [0.4, 0.5) is 5.13 Å². The molecule has 0 aliphatic carbocycles. The minimum absolute atomic E-state index is 0.145. The first-order chi connectivity index (χ1) is 15.6. The zero-order valence-corrected chi connectivity index (χ0v) is 19.6. The van der Waals surface area contributed by atoms with Crippen molar-refractivity contribution in [2.24, 2.45) is 0 Å². The zero-order valence-electron chi connectivity index (χ0n) is 18.0. The van der Waals surface area contributed by atoms with Crippen molar-refractivity contribution in [1.29, 1.82) is 0 Å². The summed E-state index contributed by atoms with van der Waals surface area (Å²) in [6.07, 6.45) is 4.49. The van der Waals surface area contributed by atoms with Crippen LogP contribution in [0.5, 0.6) is 0 Å². The van der Waals surface area contributed by atoms with Gasteiger partial charge in [-0.25, -0.2) is 4.98 Å². The van der Waals surface area contributed by atoms with E-state index in [0.717, 1.165) is 25.0 Å². The third kappa shape index (κ3) is 4.20. The highest BCUT2D eigenvalue weighted by Gasteiger charge is 2.18. The van der Waals surface area contributed by atoms with Gasteiger partial charge in [-0.2, -0.15) is 0 Å². The number of nitrogens with one attached hydrogen (secondary N) is 1. The number of carbonyl (C=O) groups is 1. The van der Waals surface area contributed by atoms with Gasteiger partial charge in [0.15, 0.2) is 10.3 Å². The number of hydrogen-bond donors (Lipinski definition) is 1. The van der Waals surface area contributed by atoms with E-state index in [0.29, 0.717) is 33.5 Å². The number of fused-ring (bicyclic) bond motifs is 3. The Morgan fingerprint density at radius 2 is 2.09 bits per heavy atom. The minimum Gasteiger partial charge on any atom is -0.301 e. The molecule has 32 heavy (non-hydrogen) atoms. The van der Waals surface area contributed by atoms with Gasteiger partial charge < -0.3 is 5.32 Å². The van der Waals surface area contributed by atoms with Crippen molar-refractivity contribution in [3.05, 3.63) is 57.8 Å². The number of anilines is 1. The van der Waals surface area contributed by atoms with E-state index in [2.05, 4.69) is 40.9 Å². The van der Waals surface area contributed by atoms with Gasteiger partial charge in [-0.3, -0.25) is 18.6 Å². The molecule has 4 aromatic rings. The maximum Gasteiger partial charge on any atom is 0.263 e. The summed E-state index contributed by atoms with van der Waals surface area (Å²) in [6, 6.07) is 7.32. The Morgan fingerprint density at radius 1 is 1.28 bits per heavy atom. The van der Waals surface area contributed by atoms with Crippen molar-refractivity contribution in [2.75, 3.05) is 11.1 Å². The first-order valence-corrected chi connectivity index (χ1v) is 12.3. The third-order valence-corrected chi connectivity index (χ3v) is 7.04. The van der Waals surface area contributed by atoms with E-state index in [4.69, 9.17) is 0 Å². The summed E-state index contributed by atoms with van der Waals surface area (Å²) in [5.41, 5.74) is 1.63. The van der Waals surface area contributed by atoms with Crippen LogP contribution in [0.25, 0.3) is 16.7 Å². The van der Waals surface area contributed by atoms with Gasteiger partial charge >= 0.3 is 0 Å². The molecule has 0 spiro atoms. The number of carbonyl (C=O) groups excluding carboxylic acids is 1. The molecular formula is C22H24N6O2S2. The number of hydrogen-bond acceptors (Lipinski definition) is 7. The number of thioether (sulfide) groups is 1. The minimum atomic E-state index is -0.157. The van der Waals surface area contributed by atoms with Gasteiger partial charge in [0.1, 0.15) is 0 Å². The average molecular weight is 469 g/mol. The van der Waals surface area contributed by atoms with Crippen molar-refractivity contribution in [3.63, 3.8) is 0 Å². The number of allylic oxidation sites excluding steroid dienone is 1. The van der Waals surface area contributed by atoms with Gasteiger partial charge in [-0.05, 0) is 25.0 Å². The molecule has 0 radical (unpaired) electrons. The first-order valence-electron chi connectivity index (χ1n) is 10.5. The van der Waals surface area contributed by atoms with E-state index >= 15 is 0 Å². The molecule has 1 aromatic carbocycles. The molecule has 0 unspecified atom stereocenters. The molecule has 0 bridgehead atoms. The van der Waals surface area contributed by atoms with Crippen LogP contribution in [0, 0.1) is 0 Å². The molecule has 166 valence electrons. The Morgan fingerprint density at radius 3 is 2.84 bits per heavy atom. The van der Waals surface area contributed by atoms with Crippen molar-refractivity contribution in [3.8, 4) is 0 Å². The Labute approximate surface area is 193 Å². The summed E-state index contributed by atoms with van der Waals surface area (Å²) < 4.78 is 3.35. The van der Waals surface area contributed by atoms with Crippen molar-refractivity contribution < 1.29 is 4.79 Å². The van der Waals surface area contributed by atoms with E-state index in [9.17, 15) is 9.59 Å². The van der Waals surface area contributed by atoms with Gasteiger partial charge in [0.25, 0.3) is 5.56 Å². The second-order valence-electron chi connectivity index (χ2n) is 7.17. The van der Waals surface area contributed by atoms with Crippen LogP contribution in [0.2, 0.25) is 0 Å². The largest absolute Gasteiger partial charge is 0.301 e. The molecule has 10 heteroatoms. The van der Waals surface area contributed by atoms with Crippen molar-refractivity contribution in [2.45, 2.75) is 44.8 Å². The van der Waals surface area contributed by atoms with Crippen molar-refractivity contribution in [1.82, 2.24) is 24.1 Å². The van der Waals surface area contributed by atoms with Gasteiger partial charge in [-0.1, -0.05) is 50.2 Å². The molecule has 0 saturated carbocycles. The van der Waals surface area contributed by atoms with Crippen LogP contribution >= 0.6 is 23.1 Å². The predicted octanol–water partition coefficient (Wildman–Crippen LogP) is 3.93. The van der Waals surface area contributed by atoms with Gasteiger partial charge in [0.2, 0.25) is 11.7 Å². The quantitative estimate of drug-likeness (QED) is 0.295. The molecular weight excluding hydrogens is 444 g/mol. The molecule has 3 aromatic heterocycles. The van der Waals surface area contributed by atoms with Gasteiger partial charge in [0, 0.05) is 11.4 Å². The molecule has 8 nitrogen and oxygen atoms in total. The fourth-order valence-electron chi connectivity index (χ4n) is 3.55. The van der Waals surface area contributed by atoms with Gasteiger partial charge in [-0.15, -0.1) is 28.1 Å². The Hall–Kier alpha value is -2.98. The summed E-state index contributed by atoms with van der Waals surface area (Å²) in [4.78, 5) is 31.3. The van der Waals surface area contributed by atoms with Crippen LogP contribution in [0.1, 0.15) is 30.8 Å². The third-order valence-electron chi connectivity index (χ3n) is 4.95. The van der Waals surface area contributed by atoms with E-state index in [1.807, 2.05) is 22.6 Å². The van der Waals surface area contributed by atoms with E-state index in [-0.39, 0.29) is 17.2 Å². The van der Waals surface area contributed by atoms with Crippen LogP contribution in [0.15, 0.2) is 46.9 Å². The fraction of sp³-hybridized carbons (Fsp3) is 0.318. The number of benzene rings is 1. The van der Waals surface area contributed by atoms with Crippen LogP contribution in [-0.4, -0.2) is 35.8 Å². The molecule has 4 rings (SSSR count). The van der Waals surface area contributed by atoms with E-state index < -0.39 is 0 Å². The Kier molecular flexibility index (Phi) is 6.71. The maximum atomic E-state index is 12.9. The number of aryl methyl sites for hydroxylation is 2. The SMILES string of the molecule is C=CCn1c(=O)c2ccccc2n2c(SCC(=O)Nc3nc(CCC)c(CC)s3)nnc12. The Balaban J connectivity index is 1.59. The zero-order chi connectivity index (χ0) is 22.7. The summed E-state index contributed by atoms with van der Waals surface area (Å²) in [5.74, 6) is 0.419. The molecule has 0 aliphatic rings. The molecule has 0 saturated heterocycles. The second-order valence-corrected chi connectivity index (χ2v) is 9.19. The molecule has 1 amide bonds. The second kappa shape index (κ2) is 9.66.